The molecule has 1 heterocycles. The standard InChI is InChI=1S/C20H23N3O2.ClH/c21-18-8-6-15(7-9-18)10-11-22-20(25)17-12-19(24)23(14-17)13-16-4-2-1-3-5-16;/h1-9,17H,10-14,21H2,(H,22,25);1H. The van der Waals surface area contributed by atoms with Crippen LogP contribution in [0.3, 0.4) is 0 Å². The molecule has 138 valence electrons. The monoisotopic (exact) mass is 373 g/mol. The lowest BCUT2D eigenvalue weighted by Gasteiger charge is -2.16. The minimum atomic E-state index is -0.261. The van der Waals surface area contributed by atoms with E-state index >= 15 is 0 Å². The van der Waals surface area contributed by atoms with E-state index in [-0.39, 0.29) is 30.1 Å². The molecule has 3 N–H and O–H groups in total. The largest absolute Gasteiger partial charge is 0.399 e. The van der Waals surface area contributed by atoms with Crippen LogP contribution in [-0.4, -0.2) is 29.8 Å². The molecular weight excluding hydrogens is 350 g/mol. The molecule has 2 amide bonds. The van der Waals surface area contributed by atoms with Crippen LogP contribution in [0.5, 0.6) is 0 Å². The highest BCUT2D eigenvalue weighted by atomic mass is 35.5. The number of carbonyl (C=O) groups is 2. The van der Waals surface area contributed by atoms with E-state index in [2.05, 4.69) is 5.32 Å². The number of nitrogen functional groups attached to an aromatic ring is 1. The molecular formula is C20H24ClN3O2. The predicted molar refractivity (Wildman–Crippen MR) is 105 cm³/mol. The van der Waals surface area contributed by atoms with Crippen LogP contribution in [-0.2, 0) is 22.6 Å². The highest BCUT2D eigenvalue weighted by Gasteiger charge is 2.33. The second kappa shape index (κ2) is 9.25. The Morgan fingerprint density at radius 2 is 1.77 bits per heavy atom. The summed E-state index contributed by atoms with van der Waals surface area (Å²) < 4.78 is 0. The topological polar surface area (TPSA) is 75.4 Å². The molecule has 0 bridgehead atoms. The Balaban J connectivity index is 0.00000243. The molecule has 26 heavy (non-hydrogen) atoms. The lowest BCUT2D eigenvalue weighted by atomic mass is 10.1. The number of nitrogens with one attached hydrogen (secondary N) is 1. The van der Waals surface area contributed by atoms with E-state index in [1.54, 1.807) is 4.90 Å². The number of rotatable bonds is 6. The van der Waals surface area contributed by atoms with Crippen LogP contribution in [0.1, 0.15) is 17.5 Å². The summed E-state index contributed by atoms with van der Waals surface area (Å²) in [5.41, 5.74) is 8.60. The molecule has 2 aromatic carbocycles. The lowest BCUT2D eigenvalue weighted by Crippen LogP contribution is -2.34. The fourth-order valence-corrected chi connectivity index (χ4v) is 3.06. The Hall–Kier alpha value is -2.53. The molecule has 0 aromatic heterocycles. The molecule has 1 aliphatic rings. The zero-order valence-corrected chi connectivity index (χ0v) is 15.4. The fourth-order valence-electron chi connectivity index (χ4n) is 3.06. The van der Waals surface area contributed by atoms with E-state index in [1.165, 1.54) is 0 Å². The average Bonchev–Trinajstić information content (AvgIpc) is 2.98. The van der Waals surface area contributed by atoms with Crippen molar-refractivity contribution in [3.05, 3.63) is 65.7 Å². The SMILES string of the molecule is Cl.Nc1ccc(CCNC(=O)C2CC(=O)N(Cc3ccccc3)C2)cc1. The molecule has 0 aliphatic carbocycles. The van der Waals surface area contributed by atoms with E-state index in [1.807, 2.05) is 54.6 Å². The summed E-state index contributed by atoms with van der Waals surface area (Å²) in [6.45, 7) is 1.61. The molecule has 0 spiro atoms. The third-order valence-corrected chi connectivity index (χ3v) is 4.49. The van der Waals surface area contributed by atoms with Gasteiger partial charge in [0.1, 0.15) is 0 Å². The van der Waals surface area contributed by atoms with Crippen molar-refractivity contribution in [1.29, 1.82) is 0 Å². The van der Waals surface area contributed by atoms with Crippen molar-refractivity contribution in [3.63, 3.8) is 0 Å². The van der Waals surface area contributed by atoms with Gasteiger partial charge in [-0.3, -0.25) is 9.59 Å². The van der Waals surface area contributed by atoms with Crippen LogP contribution in [0, 0.1) is 5.92 Å². The van der Waals surface area contributed by atoms with E-state index in [0.29, 0.717) is 26.1 Å². The molecule has 1 saturated heterocycles. The summed E-state index contributed by atoms with van der Waals surface area (Å²) in [6.07, 6.45) is 1.04. The summed E-state index contributed by atoms with van der Waals surface area (Å²) in [5, 5.41) is 2.94. The van der Waals surface area contributed by atoms with Crippen LogP contribution in [0.15, 0.2) is 54.6 Å². The van der Waals surface area contributed by atoms with Gasteiger partial charge >= 0.3 is 0 Å². The number of nitrogens with two attached hydrogens (primary N) is 1. The Kier molecular flexibility index (Phi) is 7.04. The normalized spacial score (nSPS) is 16.2. The number of halogens is 1. The van der Waals surface area contributed by atoms with Gasteiger partial charge in [-0.25, -0.2) is 0 Å². The molecule has 2 aromatic rings. The van der Waals surface area contributed by atoms with Gasteiger partial charge in [0.2, 0.25) is 11.8 Å². The predicted octanol–water partition coefficient (Wildman–Crippen LogP) is 2.40. The molecule has 1 fully saturated rings. The van der Waals surface area contributed by atoms with Crippen LogP contribution in [0.25, 0.3) is 0 Å². The Morgan fingerprint density at radius 1 is 1.08 bits per heavy atom. The van der Waals surface area contributed by atoms with Gasteiger partial charge in [0.15, 0.2) is 0 Å². The van der Waals surface area contributed by atoms with E-state index < -0.39 is 0 Å². The number of benzene rings is 2. The first-order chi connectivity index (χ1) is 12.1. The number of hydrogen-bond acceptors (Lipinski definition) is 3. The minimum Gasteiger partial charge on any atom is -0.399 e. The second-order valence-corrected chi connectivity index (χ2v) is 6.44. The van der Waals surface area contributed by atoms with Crippen LogP contribution in [0.4, 0.5) is 5.69 Å². The van der Waals surface area contributed by atoms with Gasteiger partial charge in [0.25, 0.3) is 0 Å². The number of amides is 2. The summed E-state index contributed by atoms with van der Waals surface area (Å²) in [6, 6.07) is 17.5. The van der Waals surface area contributed by atoms with E-state index in [0.717, 1.165) is 23.2 Å². The lowest BCUT2D eigenvalue weighted by molar-refractivity contribution is -0.129. The van der Waals surface area contributed by atoms with Crippen molar-refractivity contribution in [2.45, 2.75) is 19.4 Å². The third-order valence-electron chi connectivity index (χ3n) is 4.49. The highest BCUT2D eigenvalue weighted by Crippen LogP contribution is 2.20. The maximum Gasteiger partial charge on any atom is 0.225 e. The van der Waals surface area contributed by atoms with Gasteiger partial charge in [-0.05, 0) is 29.7 Å². The van der Waals surface area contributed by atoms with Gasteiger partial charge < -0.3 is 16.0 Å². The van der Waals surface area contributed by atoms with Crippen molar-refractivity contribution in [2.24, 2.45) is 5.92 Å². The van der Waals surface area contributed by atoms with Crippen molar-refractivity contribution in [1.82, 2.24) is 10.2 Å². The number of anilines is 1. The van der Waals surface area contributed by atoms with Crippen molar-refractivity contribution in [2.75, 3.05) is 18.8 Å². The van der Waals surface area contributed by atoms with Gasteiger partial charge in [0, 0.05) is 31.7 Å². The van der Waals surface area contributed by atoms with Crippen molar-refractivity contribution in [3.8, 4) is 0 Å². The minimum absolute atomic E-state index is 0. The maximum atomic E-state index is 12.3. The van der Waals surface area contributed by atoms with Crippen LogP contribution < -0.4 is 11.1 Å². The van der Waals surface area contributed by atoms with Crippen LogP contribution >= 0.6 is 12.4 Å². The average molecular weight is 374 g/mol. The smallest absolute Gasteiger partial charge is 0.225 e. The Morgan fingerprint density at radius 3 is 2.46 bits per heavy atom. The summed E-state index contributed by atoms with van der Waals surface area (Å²) in [4.78, 5) is 26.2. The van der Waals surface area contributed by atoms with E-state index in [4.69, 9.17) is 5.73 Å². The zero-order valence-electron chi connectivity index (χ0n) is 14.6. The molecule has 5 nitrogen and oxygen atoms in total. The molecule has 0 radical (unpaired) electrons. The number of carbonyl (C=O) groups excluding carboxylic acids is 2. The quantitative estimate of drug-likeness (QED) is 0.763. The third kappa shape index (κ3) is 5.23. The van der Waals surface area contributed by atoms with Gasteiger partial charge in [0.05, 0.1) is 5.92 Å². The summed E-state index contributed by atoms with van der Waals surface area (Å²) in [5.74, 6) is -0.260. The van der Waals surface area contributed by atoms with Crippen molar-refractivity contribution >= 4 is 29.9 Å². The van der Waals surface area contributed by atoms with E-state index in [9.17, 15) is 9.59 Å². The second-order valence-electron chi connectivity index (χ2n) is 6.44. The molecule has 0 saturated carbocycles. The number of likely N-dealkylation sites (tertiary alicyclic amines) is 1. The first-order valence-corrected chi connectivity index (χ1v) is 8.55. The molecule has 1 unspecified atom stereocenters. The Bertz CT molecular complexity index is 734. The molecule has 1 atom stereocenters. The molecule has 1 aliphatic heterocycles. The van der Waals surface area contributed by atoms with Crippen molar-refractivity contribution < 1.29 is 9.59 Å². The summed E-state index contributed by atoms with van der Waals surface area (Å²) in [7, 11) is 0. The van der Waals surface area contributed by atoms with Gasteiger partial charge in [-0.1, -0.05) is 42.5 Å². The summed E-state index contributed by atoms with van der Waals surface area (Å²) >= 11 is 0. The molecule has 3 rings (SSSR count). The van der Waals surface area contributed by atoms with Gasteiger partial charge in [-0.15, -0.1) is 12.4 Å². The highest BCUT2D eigenvalue weighted by molar-refractivity contribution is 5.89. The first kappa shape index (κ1) is 19.8. The Labute approximate surface area is 160 Å². The fraction of sp³-hybridized carbons (Fsp3) is 0.300. The maximum absolute atomic E-state index is 12.3. The zero-order chi connectivity index (χ0) is 17.6. The molecule has 6 heteroatoms. The van der Waals surface area contributed by atoms with Crippen LogP contribution in [0.2, 0.25) is 0 Å². The van der Waals surface area contributed by atoms with Gasteiger partial charge in [-0.2, -0.15) is 0 Å². The number of hydrogen-bond donors (Lipinski definition) is 2. The number of nitrogens with zero attached hydrogens (tertiary/aromatic N) is 1. The first-order valence-electron chi connectivity index (χ1n) is 8.55.